The highest BCUT2D eigenvalue weighted by Crippen LogP contribution is 2.27. The van der Waals surface area contributed by atoms with Crippen LogP contribution in [0.25, 0.3) is 0 Å². The summed E-state index contributed by atoms with van der Waals surface area (Å²) in [6.07, 6.45) is 1.39. The van der Waals surface area contributed by atoms with E-state index in [9.17, 15) is 9.59 Å². The maximum atomic E-state index is 12.4. The summed E-state index contributed by atoms with van der Waals surface area (Å²) in [5, 5.41) is 2.95. The van der Waals surface area contributed by atoms with Gasteiger partial charge in [0, 0.05) is 42.0 Å². The zero-order valence-electron chi connectivity index (χ0n) is 12.6. The van der Waals surface area contributed by atoms with E-state index in [2.05, 4.69) is 37.2 Å². The quantitative estimate of drug-likeness (QED) is 0.776. The molecule has 1 saturated heterocycles. The monoisotopic (exact) mass is 431 g/mol. The van der Waals surface area contributed by atoms with E-state index in [1.807, 2.05) is 18.2 Å². The molecule has 120 valence electrons. The molecule has 22 heavy (non-hydrogen) atoms. The number of carbonyl (C=O) groups excluding carboxylic acids is 2. The second kappa shape index (κ2) is 7.46. The van der Waals surface area contributed by atoms with Crippen LogP contribution in [0.2, 0.25) is 0 Å². The summed E-state index contributed by atoms with van der Waals surface area (Å²) in [7, 11) is 3.48. The Hall–Kier alpha value is -1.08. The van der Waals surface area contributed by atoms with Gasteiger partial charge in [0.2, 0.25) is 5.91 Å². The van der Waals surface area contributed by atoms with E-state index in [0.29, 0.717) is 25.9 Å². The molecule has 0 unspecified atom stereocenters. The number of halogens is 2. The summed E-state index contributed by atoms with van der Waals surface area (Å²) < 4.78 is 1.79. The van der Waals surface area contributed by atoms with Crippen LogP contribution in [0.1, 0.15) is 12.8 Å². The van der Waals surface area contributed by atoms with Crippen molar-refractivity contribution in [2.45, 2.75) is 12.8 Å². The van der Waals surface area contributed by atoms with Crippen molar-refractivity contribution in [2.24, 2.45) is 5.92 Å². The van der Waals surface area contributed by atoms with Gasteiger partial charge < -0.3 is 15.1 Å². The van der Waals surface area contributed by atoms with Crippen molar-refractivity contribution in [2.75, 3.05) is 32.5 Å². The fraction of sp³-hybridized carbons (Fsp3) is 0.467. The summed E-state index contributed by atoms with van der Waals surface area (Å²) in [5.41, 5.74) is 0.764. The molecular formula is C15H19Br2N3O2. The van der Waals surface area contributed by atoms with Crippen LogP contribution in [0.4, 0.5) is 10.5 Å². The molecule has 0 aliphatic carbocycles. The van der Waals surface area contributed by atoms with Gasteiger partial charge in [-0.3, -0.25) is 4.79 Å². The molecule has 1 aliphatic rings. The Morgan fingerprint density at radius 2 is 1.86 bits per heavy atom. The van der Waals surface area contributed by atoms with Crippen molar-refractivity contribution in [3.05, 3.63) is 27.1 Å². The fourth-order valence-corrected chi connectivity index (χ4v) is 3.59. The summed E-state index contributed by atoms with van der Waals surface area (Å²) >= 11 is 6.83. The number of nitrogens with zero attached hydrogens (tertiary/aromatic N) is 2. The van der Waals surface area contributed by atoms with Crippen LogP contribution in [0.15, 0.2) is 27.1 Å². The smallest absolute Gasteiger partial charge is 0.319 e. The number of benzene rings is 1. The van der Waals surface area contributed by atoms with Gasteiger partial charge >= 0.3 is 6.03 Å². The van der Waals surface area contributed by atoms with E-state index in [1.165, 1.54) is 0 Å². The first-order valence-corrected chi connectivity index (χ1v) is 8.69. The molecule has 1 aliphatic heterocycles. The number of urea groups is 1. The lowest BCUT2D eigenvalue weighted by molar-refractivity contribution is -0.121. The molecule has 2 rings (SSSR count). The van der Waals surface area contributed by atoms with Gasteiger partial charge in [-0.1, -0.05) is 15.9 Å². The Labute approximate surface area is 147 Å². The number of hydrogen-bond donors (Lipinski definition) is 1. The molecule has 1 fully saturated rings. The van der Waals surface area contributed by atoms with Gasteiger partial charge in [-0.05, 0) is 47.0 Å². The third-order valence-corrected chi connectivity index (χ3v) is 4.86. The van der Waals surface area contributed by atoms with Crippen LogP contribution in [0.5, 0.6) is 0 Å². The number of rotatable bonds is 2. The molecule has 0 radical (unpaired) electrons. The second-order valence-electron chi connectivity index (χ2n) is 5.55. The van der Waals surface area contributed by atoms with Gasteiger partial charge in [-0.25, -0.2) is 4.79 Å². The van der Waals surface area contributed by atoms with E-state index < -0.39 is 0 Å². The van der Waals surface area contributed by atoms with E-state index >= 15 is 0 Å². The van der Waals surface area contributed by atoms with Crippen LogP contribution in [-0.2, 0) is 4.79 Å². The average molecular weight is 433 g/mol. The highest BCUT2D eigenvalue weighted by atomic mass is 79.9. The Morgan fingerprint density at radius 1 is 1.23 bits per heavy atom. The molecule has 1 aromatic rings. The number of nitrogens with one attached hydrogen (secondary N) is 1. The van der Waals surface area contributed by atoms with Crippen LogP contribution in [0.3, 0.4) is 0 Å². The lowest BCUT2D eigenvalue weighted by atomic mass is 9.96. The molecular weight excluding hydrogens is 414 g/mol. The third kappa shape index (κ3) is 4.23. The lowest BCUT2D eigenvalue weighted by Gasteiger charge is -2.33. The Balaban J connectivity index is 1.91. The highest BCUT2D eigenvalue weighted by Gasteiger charge is 2.28. The van der Waals surface area contributed by atoms with Gasteiger partial charge in [0.15, 0.2) is 0 Å². The standard InChI is InChI=1S/C15H19Br2N3O2/c1-19(2)15(22)20-7-5-10(6-8-20)14(21)18-13-4-3-11(16)9-12(13)17/h3-4,9-10H,5-8H2,1-2H3,(H,18,21). The van der Waals surface area contributed by atoms with Gasteiger partial charge in [-0.15, -0.1) is 0 Å². The topological polar surface area (TPSA) is 52.7 Å². The number of likely N-dealkylation sites (tertiary alicyclic amines) is 1. The van der Waals surface area contributed by atoms with Gasteiger partial charge in [-0.2, -0.15) is 0 Å². The van der Waals surface area contributed by atoms with Crippen LogP contribution >= 0.6 is 31.9 Å². The van der Waals surface area contributed by atoms with Crippen LogP contribution in [0, 0.1) is 5.92 Å². The van der Waals surface area contributed by atoms with Gasteiger partial charge in [0.25, 0.3) is 0 Å². The molecule has 1 heterocycles. The van der Waals surface area contributed by atoms with Crippen molar-refractivity contribution in [3.63, 3.8) is 0 Å². The largest absolute Gasteiger partial charge is 0.331 e. The minimum absolute atomic E-state index is 0.00881. The molecule has 0 atom stereocenters. The molecule has 7 heteroatoms. The predicted molar refractivity (Wildman–Crippen MR) is 93.9 cm³/mol. The van der Waals surface area contributed by atoms with Gasteiger partial charge in [0.1, 0.15) is 0 Å². The maximum Gasteiger partial charge on any atom is 0.319 e. The SMILES string of the molecule is CN(C)C(=O)N1CCC(C(=O)Nc2ccc(Br)cc2Br)CC1. The average Bonchev–Trinajstić information content (AvgIpc) is 2.49. The number of anilines is 1. The normalized spacial score (nSPS) is 15.5. The van der Waals surface area contributed by atoms with E-state index in [-0.39, 0.29) is 17.9 Å². The first-order chi connectivity index (χ1) is 10.4. The minimum atomic E-state index is -0.0539. The minimum Gasteiger partial charge on any atom is -0.331 e. The van der Waals surface area contributed by atoms with Gasteiger partial charge in [0.05, 0.1) is 5.69 Å². The first-order valence-electron chi connectivity index (χ1n) is 7.10. The predicted octanol–water partition coefficient (Wildman–Crippen LogP) is 3.54. The number of piperidine rings is 1. The third-order valence-electron chi connectivity index (χ3n) is 3.71. The number of hydrogen-bond acceptors (Lipinski definition) is 2. The van der Waals surface area contributed by atoms with E-state index in [0.717, 1.165) is 14.6 Å². The molecule has 5 nitrogen and oxygen atoms in total. The zero-order chi connectivity index (χ0) is 16.3. The second-order valence-corrected chi connectivity index (χ2v) is 7.32. The maximum absolute atomic E-state index is 12.4. The van der Waals surface area contributed by atoms with Crippen LogP contribution in [-0.4, -0.2) is 48.9 Å². The van der Waals surface area contributed by atoms with Crippen LogP contribution < -0.4 is 5.32 Å². The molecule has 0 saturated carbocycles. The molecule has 0 aromatic heterocycles. The number of carbonyl (C=O) groups is 2. The van der Waals surface area contributed by atoms with Crippen molar-refractivity contribution < 1.29 is 9.59 Å². The van der Waals surface area contributed by atoms with E-state index in [4.69, 9.17) is 0 Å². The fourth-order valence-electron chi connectivity index (χ4n) is 2.44. The molecule has 1 aromatic carbocycles. The zero-order valence-corrected chi connectivity index (χ0v) is 15.8. The highest BCUT2D eigenvalue weighted by molar-refractivity contribution is 9.11. The number of amides is 3. The summed E-state index contributed by atoms with van der Waals surface area (Å²) in [4.78, 5) is 27.6. The van der Waals surface area contributed by atoms with Crippen molar-refractivity contribution in [3.8, 4) is 0 Å². The lowest BCUT2D eigenvalue weighted by Crippen LogP contribution is -2.45. The first kappa shape index (κ1) is 17.3. The summed E-state index contributed by atoms with van der Waals surface area (Å²) in [6, 6.07) is 5.65. The summed E-state index contributed by atoms with van der Waals surface area (Å²) in [6.45, 7) is 1.24. The Kier molecular flexibility index (Phi) is 5.86. The molecule has 0 spiro atoms. The Bertz CT molecular complexity index is 570. The van der Waals surface area contributed by atoms with Crippen molar-refractivity contribution in [1.29, 1.82) is 0 Å². The van der Waals surface area contributed by atoms with Crippen molar-refractivity contribution in [1.82, 2.24) is 9.80 Å². The molecule has 1 N–H and O–H groups in total. The summed E-state index contributed by atoms with van der Waals surface area (Å²) in [5.74, 6) is -0.0401. The molecule has 0 bridgehead atoms. The Morgan fingerprint density at radius 3 is 2.41 bits per heavy atom. The van der Waals surface area contributed by atoms with E-state index in [1.54, 1.807) is 23.9 Å². The van der Waals surface area contributed by atoms with Crippen molar-refractivity contribution >= 4 is 49.5 Å². The molecule has 3 amide bonds.